The van der Waals surface area contributed by atoms with E-state index in [1.807, 2.05) is 12.1 Å². The van der Waals surface area contributed by atoms with E-state index in [2.05, 4.69) is 68.9 Å². The van der Waals surface area contributed by atoms with Crippen molar-refractivity contribution >= 4 is 12.6 Å². The van der Waals surface area contributed by atoms with Crippen LogP contribution in [0.25, 0.3) is 0 Å². The summed E-state index contributed by atoms with van der Waals surface area (Å²) in [6.45, 7) is 5.12. The molecule has 0 heterocycles. The van der Waals surface area contributed by atoms with E-state index in [0.717, 1.165) is 17.9 Å². The maximum Gasteiger partial charge on any atom is 0.122 e. The summed E-state index contributed by atoms with van der Waals surface area (Å²) in [7, 11) is 0. The maximum atomic E-state index is 6.12. The fourth-order valence-electron chi connectivity index (χ4n) is 2.41. The summed E-state index contributed by atoms with van der Waals surface area (Å²) in [6.07, 6.45) is 1.12. The molecular formula is C19H24OS. The van der Waals surface area contributed by atoms with Gasteiger partial charge in [-0.2, -0.15) is 12.6 Å². The minimum Gasteiger partial charge on any atom is -0.493 e. The summed E-state index contributed by atoms with van der Waals surface area (Å²) in [5.41, 5.74) is 2.58. The van der Waals surface area contributed by atoms with Crippen LogP contribution < -0.4 is 4.74 Å². The molecule has 0 fully saturated rings. The fourth-order valence-corrected chi connectivity index (χ4v) is 2.73. The largest absolute Gasteiger partial charge is 0.493 e. The van der Waals surface area contributed by atoms with Gasteiger partial charge in [-0.15, -0.1) is 0 Å². The molecule has 0 N–H and O–H groups in total. The Morgan fingerprint density at radius 1 is 1.00 bits per heavy atom. The van der Waals surface area contributed by atoms with Gasteiger partial charge in [0.05, 0.1) is 6.61 Å². The molecule has 2 atom stereocenters. The van der Waals surface area contributed by atoms with Crippen LogP contribution >= 0.6 is 12.6 Å². The molecule has 0 amide bonds. The Hall–Kier alpha value is -1.41. The third-order valence-corrected chi connectivity index (χ3v) is 4.43. The number of rotatable bonds is 7. The number of ether oxygens (including phenoxy) is 1. The van der Waals surface area contributed by atoms with E-state index < -0.39 is 0 Å². The lowest BCUT2D eigenvalue weighted by atomic mass is 9.97. The zero-order valence-corrected chi connectivity index (χ0v) is 13.7. The zero-order valence-electron chi connectivity index (χ0n) is 12.8. The van der Waals surface area contributed by atoms with Gasteiger partial charge in [-0.1, -0.05) is 62.4 Å². The Morgan fingerprint density at radius 2 is 1.67 bits per heavy atom. The monoisotopic (exact) mass is 300 g/mol. The van der Waals surface area contributed by atoms with Gasteiger partial charge in [0.15, 0.2) is 0 Å². The molecule has 0 aliphatic heterocycles. The highest BCUT2D eigenvalue weighted by Crippen LogP contribution is 2.29. The Kier molecular flexibility index (Phi) is 6.19. The minimum absolute atomic E-state index is 0.319. The van der Waals surface area contributed by atoms with Crippen molar-refractivity contribution in [1.82, 2.24) is 0 Å². The molecule has 0 aromatic heterocycles. The average Bonchev–Trinajstić information content (AvgIpc) is 2.56. The van der Waals surface area contributed by atoms with E-state index in [-0.39, 0.29) is 0 Å². The molecule has 112 valence electrons. The van der Waals surface area contributed by atoms with Crippen molar-refractivity contribution in [3.05, 3.63) is 65.7 Å². The molecule has 1 nitrogen and oxygen atoms in total. The third-order valence-electron chi connectivity index (χ3n) is 3.99. The summed E-state index contributed by atoms with van der Waals surface area (Å²) < 4.78 is 6.12. The molecule has 21 heavy (non-hydrogen) atoms. The smallest absolute Gasteiger partial charge is 0.122 e. The first kappa shape index (κ1) is 16.0. The highest BCUT2D eigenvalue weighted by molar-refractivity contribution is 7.80. The van der Waals surface area contributed by atoms with Crippen molar-refractivity contribution in [2.75, 3.05) is 12.4 Å². The van der Waals surface area contributed by atoms with Crippen LogP contribution in [0.5, 0.6) is 5.75 Å². The Morgan fingerprint density at radius 3 is 2.33 bits per heavy atom. The van der Waals surface area contributed by atoms with Crippen LogP contribution in [-0.4, -0.2) is 12.4 Å². The first-order chi connectivity index (χ1) is 10.3. The van der Waals surface area contributed by atoms with Crippen LogP contribution in [-0.2, 0) is 0 Å². The number of hydrogen-bond acceptors (Lipinski definition) is 2. The van der Waals surface area contributed by atoms with Gasteiger partial charge >= 0.3 is 0 Å². The second kappa shape index (κ2) is 8.14. The van der Waals surface area contributed by atoms with Crippen molar-refractivity contribution < 1.29 is 4.74 Å². The van der Waals surface area contributed by atoms with Crippen molar-refractivity contribution in [3.63, 3.8) is 0 Å². The van der Waals surface area contributed by atoms with Gasteiger partial charge in [0.2, 0.25) is 0 Å². The van der Waals surface area contributed by atoms with Gasteiger partial charge in [0.1, 0.15) is 5.75 Å². The first-order valence-electron chi connectivity index (χ1n) is 7.63. The molecule has 0 spiro atoms. The lowest BCUT2D eigenvalue weighted by Gasteiger charge is -2.19. The van der Waals surface area contributed by atoms with E-state index in [9.17, 15) is 0 Å². The summed E-state index contributed by atoms with van der Waals surface area (Å²) in [5, 5.41) is 0. The van der Waals surface area contributed by atoms with Crippen molar-refractivity contribution in [2.24, 2.45) is 0 Å². The van der Waals surface area contributed by atoms with Gasteiger partial charge < -0.3 is 4.74 Å². The molecule has 2 aromatic carbocycles. The SMILES string of the molecule is CCC(C)c1ccccc1OCC(CS)c1ccccc1. The molecule has 2 unspecified atom stereocenters. The van der Waals surface area contributed by atoms with E-state index in [1.165, 1.54) is 11.1 Å². The third kappa shape index (κ3) is 4.28. The van der Waals surface area contributed by atoms with Crippen LogP contribution in [0.4, 0.5) is 0 Å². The number of para-hydroxylation sites is 1. The van der Waals surface area contributed by atoms with Crippen LogP contribution in [0.1, 0.15) is 43.2 Å². The normalized spacial score (nSPS) is 13.7. The standard InChI is InChI=1S/C19H24OS/c1-3-15(2)18-11-7-8-12-19(18)20-13-17(14-21)16-9-5-4-6-10-16/h4-12,15,17,21H,3,13-14H2,1-2H3. The van der Waals surface area contributed by atoms with Crippen molar-refractivity contribution in [2.45, 2.75) is 32.1 Å². The highest BCUT2D eigenvalue weighted by Gasteiger charge is 2.13. The highest BCUT2D eigenvalue weighted by atomic mass is 32.1. The Bertz CT molecular complexity index is 538. The van der Waals surface area contributed by atoms with Crippen LogP contribution in [0.3, 0.4) is 0 Å². The predicted octanol–water partition coefficient (Wildman–Crippen LogP) is 5.29. The molecule has 0 bridgehead atoms. The van der Waals surface area contributed by atoms with Gasteiger partial charge in [-0.25, -0.2) is 0 Å². The summed E-state index contributed by atoms with van der Waals surface area (Å²) in [5.74, 6) is 2.64. The zero-order chi connectivity index (χ0) is 15.1. The molecule has 0 aliphatic carbocycles. The number of hydrogen-bond donors (Lipinski definition) is 1. The van der Waals surface area contributed by atoms with E-state index in [1.54, 1.807) is 0 Å². The summed E-state index contributed by atoms with van der Waals surface area (Å²) >= 11 is 4.48. The van der Waals surface area contributed by atoms with E-state index in [4.69, 9.17) is 4.74 Å². The molecule has 0 saturated heterocycles. The van der Waals surface area contributed by atoms with Crippen LogP contribution in [0, 0.1) is 0 Å². The number of benzene rings is 2. The topological polar surface area (TPSA) is 9.23 Å². The van der Waals surface area contributed by atoms with Crippen molar-refractivity contribution in [1.29, 1.82) is 0 Å². The average molecular weight is 300 g/mol. The van der Waals surface area contributed by atoms with Crippen LogP contribution in [0.2, 0.25) is 0 Å². The second-order valence-electron chi connectivity index (χ2n) is 5.45. The molecule has 2 aromatic rings. The second-order valence-corrected chi connectivity index (χ2v) is 5.81. The van der Waals surface area contributed by atoms with Gasteiger partial charge in [-0.3, -0.25) is 0 Å². The Balaban J connectivity index is 2.08. The van der Waals surface area contributed by atoms with Gasteiger partial charge in [-0.05, 0) is 29.5 Å². The first-order valence-corrected chi connectivity index (χ1v) is 8.27. The van der Waals surface area contributed by atoms with Crippen molar-refractivity contribution in [3.8, 4) is 5.75 Å². The van der Waals surface area contributed by atoms with Crippen LogP contribution in [0.15, 0.2) is 54.6 Å². The summed E-state index contributed by atoms with van der Waals surface area (Å²) in [6, 6.07) is 18.8. The summed E-state index contributed by atoms with van der Waals surface area (Å²) in [4.78, 5) is 0. The van der Waals surface area contributed by atoms with E-state index >= 15 is 0 Å². The molecule has 0 radical (unpaired) electrons. The lowest BCUT2D eigenvalue weighted by molar-refractivity contribution is 0.293. The fraction of sp³-hybridized carbons (Fsp3) is 0.368. The molecule has 0 saturated carbocycles. The van der Waals surface area contributed by atoms with Gasteiger partial charge in [0, 0.05) is 11.7 Å². The minimum atomic E-state index is 0.319. The quantitative estimate of drug-likeness (QED) is 0.683. The number of thiol groups is 1. The molecular weight excluding hydrogens is 276 g/mol. The molecule has 2 heteroatoms. The van der Waals surface area contributed by atoms with Gasteiger partial charge in [0.25, 0.3) is 0 Å². The predicted molar refractivity (Wildman–Crippen MR) is 93.7 cm³/mol. The molecule has 0 aliphatic rings. The van der Waals surface area contributed by atoms with E-state index in [0.29, 0.717) is 18.4 Å². The lowest BCUT2D eigenvalue weighted by Crippen LogP contribution is -2.13. The Labute approximate surface area is 133 Å². The maximum absolute atomic E-state index is 6.12. The molecule has 2 rings (SSSR count).